The van der Waals surface area contributed by atoms with Crippen molar-refractivity contribution in [2.45, 2.75) is 6.42 Å². The van der Waals surface area contributed by atoms with E-state index < -0.39 is 0 Å². The molecule has 84 valence electrons. The average molecular weight is 241 g/mol. The SMILES string of the molecule is c1csc(-c2nc3cc4c(cc3[nH]2)CCN4)c1. The number of aromatic amines is 1. The summed E-state index contributed by atoms with van der Waals surface area (Å²) in [5, 5.41) is 5.46. The van der Waals surface area contributed by atoms with Gasteiger partial charge in [0.1, 0.15) is 5.82 Å². The number of imidazole rings is 1. The van der Waals surface area contributed by atoms with Crippen molar-refractivity contribution in [3.05, 3.63) is 35.2 Å². The van der Waals surface area contributed by atoms with Crippen molar-refractivity contribution < 1.29 is 0 Å². The molecular formula is C13H11N3S. The standard InChI is InChI=1S/C13H11N3S/c1-2-12(17-5-1)13-15-10-6-8-3-4-14-9(8)7-11(10)16-13/h1-2,5-7,14H,3-4H2,(H,15,16). The number of aromatic nitrogens is 2. The lowest BCUT2D eigenvalue weighted by Crippen LogP contribution is -1.90. The zero-order valence-corrected chi connectivity index (χ0v) is 9.97. The Morgan fingerprint density at radius 3 is 3.18 bits per heavy atom. The minimum absolute atomic E-state index is 0.971. The molecule has 3 nitrogen and oxygen atoms in total. The fourth-order valence-electron chi connectivity index (χ4n) is 2.33. The number of hydrogen-bond acceptors (Lipinski definition) is 3. The van der Waals surface area contributed by atoms with Crippen LogP contribution in [0.25, 0.3) is 21.7 Å². The van der Waals surface area contributed by atoms with Crippen molar-refractivity contribution in [2.75, 3.05) is 11.9 Å². The third-order valence-corrected chi connectivity index (χ3v) is 4.05. The molecule has 1 aliphatic rings. The van der Waals surface area contributed by atoms with Crippen molar-refractivity contribution in [2.24, 2.45) is 0 Å². The molecule has 0 fully saturated rings. The summed E-state index contributed by atoms with van der Waals surface area (Å²) in [6.07, 6.45) is 1.11. The molecular weight excluding hydrogens is 230 g/mol. The Morgan fingerprint density at radius 1 is 1.29 bits per heavy atom. The maximum absolute atomic E-state index is 4.65. The second kappa shape index (κ2) is 3.34. The third kappa shape index (κ3) is 1.37. The predicted octanol–water partition coefficient (Wildman–Crippen LogP) is 3.26. The maximum atomic E-state index is 4.65. The second-order valence-corrected chi connectivity index (χ2v) is 5.21. The molecule has 0 unspecified atom stereocenters. The van der Waals surface area contributed by atoms with Gasteiger partial charge in [0.05, 0.1) is 15.9 Å². The molecule has 4 rings (SSSR count). The fraction of sp³-hybridized carbons (Fsp3) is 0.154. The molecule has 0 saturated heterocycles. The highest BCUT2D eigenvalue weighted by molar-refractivity contribution is 7.13. The summed E-state index contributed by atoms with van der Waals surface area (Å²) in [4.78, 5) is 9.24. The van der Waals surface area contributed by atoms with Gasteiger partial charge >= 0.3 is 0 Å². The van der Waals surface area contributed by atoms with Gasteiger partial charge in [-0.2, -0.15) is 0 Å². The summed E-state index contributed by atoms with van der Waals surface area (Å²) >= 11 is 1.71. The summed E-state index contributed by atoms with van der Waals surface area (Å²) in [7, 11) is 0. The van der Waals surface area contributed by atoms with Crippen LogP contribution in [0.1, 0.15) is 5.56 Å². The zero-order chi connectivity index (χ0) is 11.2. The topological polar surface area (TPSA) is 40.7 Å². The molecule has 1 aromatic carbocycles. The van der Waals surface area contributed by atoms with Crippen LogP contribution in [-0.4, -0.2) is 16.5 Å². The molecule has 3 heterocycles. The van der Waals surface area contributed by atoms with Crippen LogP contribution >= 0.6 is 11.3 Å². The normalized spacial score (nSPS) is 13.9. The van der Waals surface area contributed by atoms with E-state index in [1.807, 2.05) is 0 Å². The van der Waals surface area contributed by atoms with E-state index in [1.165, 1.54) is 16.1 Å². The summed E-state index contributed by atoms with van der Waals surface area (Å²) in [6, 6.07) is 8.50. The highest BCUT2D eigenvalue weighted by Gasteiger charge is 2.13. The number of fused-ring (bicyclic) bond motifs is 2. The number of H-pyrrole nitrogens is 1. The Bertz CT molecular complexity index is 641. The van der Waals surface area contributed by atoms with Gasteiger partial charge in [0.15, 0.2) is 0 Å². The summed E-state index contributed by atoms with van der Waals surface area (Å²) in [6.45, 7) is 1.04. The first kappa shape index (κ1) is 9.24. The van der Waals surface area contributed by atoms with Gasteiger partial charge in [0.2, 0.25) is 0 Å². The van der Waals surface area contributed by atoms with Gasteiger partial charge in [-0.3, -0.25) is 0 Å². The van der Waals surface area contributed by atoms with E-state index >= 15 is 0 Å². The van der Waals surface area contributed by atoms with Crippen LogP contribution in [0.15, 0.2) is 29.6 Å². The minimum atomic E-state index is 0.971. The monoisotopic (exact) mass is 241 g/mol. The van der Waals surface area contributed by atoms with E-state index in [-0.39, 0.29) is 0 Å². The summed E-state index contributed by atoms with van der Waals surface area (Å²) in [5.74, 6) is 0.971. The molecule has 2 aromatic heterocycles. The van der Waals surface area contributed by atoms with Crippen LogP contribution in [0.2, 0.25) is 0 Å². The molecule has 0 bridgehead atoms. The Kier molecular flexibility index (Phi) is 1.82. The Balaban J connectivity index is 1.93. The zero-order valence-electron chi connectivity index (χ0n) is 9.16. The first-order valence-electron chi connectivity index (χ1n) is 5.70. The van der Waals surface area contributed by atoms with Gasteiger partial charge < -0.3 is 10.3 Å². The van der Waals surface area contributed by atoms with Crippen molar-refractivity contribution in [1.29, 1.82) is 0 Å². The van der Waals surface area contributed by atoms with E-state index in [0.717, 1.165) is 29.8 Å². The predicted molar refractivity (Wildman–Crippen MR) is 71.6 cm³/mol. The quantitative estimate of drug-likeness (QED) is 0.686. The Morgan fingerprint density at radius 2 is 2.29 bits per heavy atom. The highest BCUT2D eigenvalue weighted by Crippen LogP contribution is 2.30. The molecule has 0 radical (unpaired) electrons. The lowest BCUT2D eigenvalue weighted by molar-refractivity contribution is 1.11. The Labute approximate surface area is 103 Å². The number of rotatable bonds is 1. The molecule has 17 heavy (non-hydrogen) atoms. The lowest BCUT2D eigenvalue weighted by atomic mass is 10.1. The Hall–Kier alpha value is -1.81. The molecule has 2 N–H and O–H groups in total. The number of nitrogens with zero attached hydrogens (tertiary/aromatic N) is 1. The van der Waals surface area contributed by atoms with Gasteiger partial charge in [-0.25, -0.2) is 4.98 Å². The lowest BCUT2D eigenvalue weighted by Gasteiger charge is -1.97. The van der Waals surface area contributed by atoms with Crippen molar-refractivity contribution in [3.8, 4) is 10.7 Å². The number of hydrogen-bond donors (Lipinski definition) is 2. The van der Waals surface area contributed by atoms with Crippen molar-refractivity contribution >= 4 is 28.1 Å². The van der Waals surface area contributed by atoms with Gasteiger partial charge in [-0.15, -0.1) is 11.3 Å². The van der Waals surface area contributed by atoms with Gasteiger partial charge in [0, 0.05) is 12.2 Å². The van der Waals surface area contributed by atoms with Crippen LogP contribution in [0.5, 0.6) is 0 Å². The summed E-state index contributed by atoms with van der Waals surface area (Å²) < 4.78 is 0. The van der Waals surface area contributed by atoms with Gasteiger partial charge in [-0.1, -0.05) is 6.07 Å². The maximum Gasteiger partial charge on any atom is 0.148 e. The van der Waals surface area contributed by atoms with Gasteiger partial charge in [0.25, 0.3) is 0 Å². The first-order valence-corrected chi connectivity index (χ1v) is 6.58. The van der Waals surface area contributed by atoms with E-state index in [0.29, 0.717) is 0 Å². The third-order valence-electron chi connectivity index (χ3n) is 3.17. The minimum Gasteiger partial charge on any atom is -0.384 e. The first-order chi connectivity index (χ1) is 8.40. The van der Waals surface area contributed by atoms with Crippen LogP contribution in [0, 0.1) is 0 Å². The smallest absolute Gasteiger partial charge is 0.148 e. The van der Waals surface area contributed by atoms with Gasteiger partial charge in [-0.05, 0) is 35.6 Å². The van der Waals surface area contributed by atoms with E-state index in [2.05, 4.69) is 44.9 Å². The highest BCUT2D eigenvalue weighted by atomic mass is 32.1. The summed E-state index contributed by atoms with van der Waals surface area (Å²) in [5.41, 5.74) is 4.80. The van der Waals surface area contributed by atoms with Crippen molar-refractivity contribution in [1.82, 2.24) is 9.97 Å². The van der Waals surface area contributed by atoms with E-state index in [9.17, 15) is 0 Å². The molecule has 3 aromatic rings. The van der Waals surface area contributed by atoms with Crippen LogP contribution in [0.3, 0.4) is 0 Å². The molecule has 0 spiro atoms. The molecule has 4 heteroatoms. The second-order valence-electron chi connectivity index (χ2n) is 4.27. The number of benzene rings is 1. The van der Waals surface area contributed by atoms with E-state index in [4.69, 9.17) is 0 Å². The molecule has 0 aliphatic carbocycles. The van der Waals surface area contributed by atoms with Crippen LogP contribution in [0.4, 0.5) is 5.69 Å². The van der Waals surface area contributed by atoms with E-state index in [1.54, 1.807) is 11.3 Å². The van der Waals surface area contributed by atoms with Crippen molar-refractivity contribution in [3.63, 3.8) is 0 Å². The molecule has 0 atom stereocenters. The molecule has 0 amide bonds. The van der Waals surface area contributed by atoms with Crippen LogP contribution < -0.4 is 5.32 Å². The van der Waals surface area contributed by atoms with Crippen LogP contribution in [-0.2, 0) is 6.42 Å². The largest absolute Gasteiger partial charge is 0.384 e. The number of nitrogens with one attached hydrogen (secondary N) is 2. The molecule has 0 saturated carbocycles. The number of anilines is 1. The number of thiophene rings is 1. The fourth-order valence-corrected chi connectivity index (χ4v) is 3.00. The molecule has 1 aliphatic heterocycles. The average Bonchev–Trinajstić information content (AvgIpc) is 3.05.